The molecule has 3 rings (SSSR count). The van der Waals surface area contributed by atoms with Gasteiger partial charge < -0.3 is 19.1 Å². The fourth-order valence-electron chi connectivity index (χ4n) is 3.20. The number of para-hydroxylation sites is 1. The highest BCUT2D eigenvalue weighted by atomic mass is 16.5. The van der Waals surface area contributed by atoms with Gasteiger partial charge in [-0.1, -0.05) is 12.1 Å². The van der Waals surface area contributed by atoms with Crippen molar-refractivity contribution in [3.63, 3.8) is 0 Å². The lowest BCUT2D eigenvalue weighted by molar-refractivity contribution is 0.243. The van der Waals surface area contributed by atoms with Gasteiger partial charge >= 0.3 is 0 Å². The van der Waals surface area contributed by atoms with Gasteiger partial charge in [0.2, 0.25) is 11.8 Å². The van der Waals surface area contributed by atoms with Crippen LogP contribution in [0.2, 0.25) is 0 Å². The van der Waals surface area contributed by atoms with E-state index >= 15 is 0 Å². The second-order valence-electron chi connectivity index (χ2n) is 6.27. The summed E-state index contributed by atoms with van der Waals surface area (Å²) in [6, 6.07) is 7.85. The molecular weight excluding hydrogens is 332 g/mol. The van der Waals surface area contributed by atoms with Crippen LogP contribution in [-0.2, 0) is 6.54 Å². The number of benzene rings is 1. The molecule has 0 radical (unpaired) electrons. The van der Waals surface area contributed by atoms with E-state index in [-0.39, 0.29) is 0 Å². The zero-order valence-corrected chi connectivity index (χ0v) is 15.9. The Labute approximate surface area is 154 Å². The summed E-state index contributed by atoms with van der Waals surface area (Å²) in [5.41, 5.74) is 2.05. The van der Waals surface area contributed by atoms with Crippen LogP contribution < -0.4 is 19.1 Å². The van der Waals surface area contributed by atoms with E-state index in [1.807, 2.05) is 25.1 Å². The van der Waals surface area contributed by atoms with Crippen LogP contribution in [-0.4, -0.2) is 62.4 Å². The van der Waals surface area contributed by atoms with Crippen molar-refractivity contribution in [2.24, 2.45) is 0 Å². The summed E-state index contributed by atoms with van der Waals surface area (Å²) in [5.74, 6) is 2.92. The Morgan fingerprint density at radius 2 is 1.73 bits per heavy atom. The molecule has 0 unspecified atom stereocenters. The molecule has 0 spiro atoms. The van der Waals surface area contributed by atoms with Crippen LogP contribution in [0.5, 0.6) is 17.4 Å². The molecule has 1 fully saturated rings. The molecule has 7 heteroatoms. The van der Waals surface area contributed by atoms with Crippen molar-refractivity contribution < 1.29 is 14.2 Å². The SMILES string of the molecule is COc1cc(C)nc(N2CCN(Cc3cccc(OC)c3OC)CC2)n1. The van der Waals surface area contributed by atoms with Crippen molar-refractivity contribution >= 4 is 5.95 Å². The maximum Gasteiger partial charge on any atom is 0.228 e. The number of nitrogens with zero attached hydrogens (tertiary/aromatic N) is 4. The van der Waals surface area contributed by atoms with Crippen LogP contribution in [0.4, 0.5) is 5.95 Å². The van der Waals surface area contributed by atoms with Crippen LogP contribution in [0.1, 0.15) is 11.3 Å². The Morgan fingerprint density at radius 1 is 0.962 bits per heavy atom. The molecule has 0 atom stereocenters. The maximum absolute atomic E-state index is 5.54. The highest BCUT2D eigenvalue weighted by Crippen LogP contribution is 2.31. The Hall–Kier alpha value is -2.54. The fraction of sp³-hybridized carbons (Fsp3) is 0.474. The highest BCUT2D eigenvalue weighted by Gasteiger charge is 2.21. The first kappa shape index (κ1) is 18.3. The van der Waals surface area contributed by atoms with E-state index in [1.54, 1.807) is 21.3 Å². The van der Waals surface area contributed by atoms with Gasteiger partial charge in [-0.05, 0) is 13.0 Å². The highest BCUT2D eigenvalue weighted by molar-refractivity contribution is 5.46. The van der Waals surface area contributed by atoms with Crippen LogP contribution in [0.15, 0.2) is 24.3 Å². The predicted molar refractivity (Wildman–Crippen MR) is 100 cm³/mol. The third-order valence-electron chi connectivity index (χ3n) is 4.56. The van der Waals surface area contributed by atoms with E-state index in [2.05, 4.69) is 25.8 Å². The lowest BCUT2D eigenvalue weighted by atomic mass is 10.1. The van der Waals surface area contributed by atoms with Gasteiger partial charge in [0, 0.05) is 50.0 Å². The number of hydrogen-bond acceptors (Lipinski definition) is 7. The average Bonchev–Trinajstić information content (AvgIpc) is 2.67. The average molecular weight is 358 g/mol. The number of methoxy groups -OCH3 is 3. The first-order valence-electron chi connectivity index (χ1n) is 8.71. The van der Waals surface area contributed by atoms with Crippen molar-refractivity contribution in [1.29, 1.82) is 0 Å². The van der Waals surface area contributed by atoms with Crippen molar-refractivity contribution in [3.8, 4) is 17.4 Å². The van der Waals surface area contributed by atoms with E-state index in [9.17, 15) is 0 Å². The molecule has 0 amide bonds. The molecule has 2 heterocycles. The molecule has 140 valence electrons. The molecule has 0 bridgehead atoms. The minimum Gasteiger partial charge on any atom is -0.493 e. The molecular formula is C19H26N4O3. The van der Waals surface area contributed by atoms with Gasteiger partial charge in [0.05, 0.1) is 21.3 Å². The van der Waals surface area contributed by atoms with Crippen molar-refractivity contribution in [2.75, 3.05) is 52.4 Å². The first-order valence-corrected chi connectivity index (χ1v) is 8.71. The third kappa shape index (κ3) is 3.99. The Kier molecular flexibility index (Phi) is 5.78. The molecule has 0 N–H and O–H groups in total. The molecule has 0 aliphatic carbocycles. The maximum atomic E-state index is 5.54. The third-order valence-corrected chi connectivity index (χ3v) is 4.56. The fourth-order valence-corrected chi connectivity index (χ4v) is 3.20. The van der Waals surface area contributed by atoms with Crippen molar-refractivity contribution in [2.45, 2.75) is 13.5 Å². The predicted octanol–water partition coefficient (Wildman–Crippen LogP) is 2.13. The zero-order valence-electron chi connectivity index (χ0n) is 15.9. The molecule has 1 aromatic carbocycles. The molecule has 0 saturated carbocycles. The molecule has 1 saturated heterocycles. The van der Waals surface area contributed by atoms with E-state index < -0.39 is 0 Å². The zero-order chi connectivity index (χ0) is 18.5. The van der Waals surface area contributed by atoms with Gasteiger partial charge in [0.1, 0.15) is 0 Å². The number of piperazine rings is 1. The summed E-state index contributed by atoms with van der Waals surface area (Å²) in [6.45, 7) is 6.39. The second-order valence-corrected chi connectivity index (χ2v) is 6.27. The summed E-state index contributed by atoms with van der Waals surface area (Å²) in [6.07, 6.45) is 0. The Bertz CT molecular complexity index is 746. The van der Waals surface area contributed by atoms with E-state index in [1.165, 1.54) is 0 Å². The number of anilines is 1. The van der Waals surface area contributed by atoms with Gasteiger partial charge in [-0.25, -0.2) is 4.98 Å². The van der Waals surface area contributed by atoms with Gasteiger partial charge in [0.15, 0.2) is 11.5 Å². The van der Waals surface area contributed by atoms with Gasteiger partial charge in [-0.3, -0.25) is 4.90 Å². The number of rotatable bonds is 6. The molecule has 7 nitrogen and oxygen atoms in total. The van der Waals surface area contributed by atoms with Crippen LogP contribution in [0, 0.1) is 6.92 Å². The van der Waals surface area contributed by atoms with E-state index in [4.69, 9.17) is 14.2 Å². The minimum atomic E-state index is 0.607. The number of aryl methyl sites for hydroxylation is 1. The Balaban J connectivity index is 1.65. The smallest absolute Gasteiger partial charge is 0.228 e. The Morgan fingerprint density at radius 3 is 2.38 bits per heavy atom. The largest absolute Gasteiger partial charge is 0.493 e. The first-order chi connectivity index (χ1) is 12.6. The van der Waals surface area contributed by atoms with Gasteiger partial charge in [-0.2, -0.15) is 4.98 Å². The van der Waals surface area contributed by atoms with Crippen LogP contribution >= 0.6 is 0 Å². The molecule has 1 aliphatic heterocycles. The summed E-state index contributed by atoms with van der Waals surface area (Å²) >= 11 is 0. The summed E-state index contributed by atoms with van der Waals surface area (Å²) in [7, 11) is 4.98. The second kappa shape index (κ2) is 8.23. The van der Waals surface area contributed by atoms with Gasteiger partial charge in [0.25, 0.3) is 0 Å². The number of aromatic nitrogens is 2. The van der Waals surface area contributed by atoms with E-state index in [0.717, 1.165) is 61.4 Å². The number of hydrogen-bond donors (Lipinski definition) is 0. The standard InChI is InChI=1S/C19H26N4O3/c1-14-12-17(25-3)21-19(20-14)23-10-8-22(9-11-23)13-15-6-5-7-16(24-2)18(15)26-4/h5-7,12H,8-11,13H2,1-4H3. The number of ether oxygens (including phenoxy) is 3. The summed E-state index contributed by atoms with van der Waals surface area (Å²) < 4.78 is 16.2. The van der Waals surface area contributed by atoms with E-state index in [0.29, 0.717) is 5.88 Å². The topological polar surface area (TPSA) is 60.0 Å². The summed E-state index contributed by atoms with van der Waals surface area (Å²) in [5, 5.41) is 0. The normalized spacial score (nSPS) is 15.0. The lowest BCUT2D eigenvalue weighted by Crippen LogP contribution is -2.46. The lowest BCUT2D eigenvalue weighted by Gasteiger charge is -2.35. The molecule has 1 aromatic heterocycles. The van der Waals surface area contributed by atoms with Crippen molar-refractivity contribution in [1.82, 2.24) is 14.9 Å². The van der Waals surface area contributed by atoms with Gasteiger partial charge in [-0.15, -0.1) is 0 Å². The monoisotopic (exact) mass is 358 g/mol. The van der Waals surface area contributed by atoms with Crippen LogP contribution in [0.3, 0.4) is 0 Å². The quantitative estimate of drug-likeness (QED) is 0.784. The molecule has 26 heavy (non-hydrogen) atoms. The molecule has 2 aromatic rings. The van der Waals surface area contributed by atoms with Crippen LogP contribution in [0.25, 0.3) is 0 Å². The molecule has 1 aliphatic rings. The minimum absolute atomic E-state index is 0.607. The summed E-state index contributed by atoms with van der Waals surface area (Å²) in [4.78, 5) is 13.6. The van der Waals surface area contributed by atoms with Crippen molar-refractivity contribution in [3.05, 3.63) is 35.5 Å².